The molecule has 2 unspecified atom stereocenters. The highest BCUT2D eigenvalue weighted by atomic mass is 16.6. The first-order chi connectivity index (χ1) is 9.88. The molecule has 0 aromatic heterocycles. The van der Waals surface area contributed by atoms with E-state index in [-0.39, 0.29) is 0 Å². The van der Waals surface area contributed by atoms with Crippen LogP contribution < -0.4 is 0 Å². The fourth-order valence-corrected chi connectivity index (χ4v) is 2.67. The first-order valence-electron chi connectivity index (χ1n) is 8.79. The van der Waals surface area contributed by atoms with Gasteiger partial charge in [-0.05, 0) is 32.1 Å². The third-order valence-corrected chi connectivity index (χ3v) is 4.09. The second-order valence-corrected chi connectivity index (χ2v) is 6.05. The first kappa shape index (κ1) is 17.7. The zero-order valence-corrected chi connectivity index (χ0v) is 13.4. The normalized spacial score (nSPS) is 21.7. The molecule has 1 aliphatic heterocycles. The Morgan fingerprint density at radius 3 is 2.35 bits per heavy atom. The van der Waals surface area contributed by atoms with Gasteiger partial charge in [-0.25, -0.2) is 0 Å². The van der Waals surface area contributed by atoms with Crippen molar-refractivity contribution in [3.8, 4) is 0 Å². The van der Waals surface area contributed by atoms with Gasteiger partial charge in [0.15, 0.2) is 0 Å². The lowest BCUT2D eigenvalue weighted by atomic mass is 10.1. The van der Waals surface area contributed by atoms with Crippen LogP contribution in [0.4, 0.5) is 0 Å². The van der Waals surface area contributed by atoms with Crippen LogP contribution in [-0.2, 0) is 4.74 Å². The van der Waals surface area contributed by atoms with Gasteiger partial charge < -0.3 is 9.84 Å². The number of ether oxygens (including phenoxy) is 1. The van der Waals surface area contributed by atoms with Crippen LogP contribution in [0.15, 0.2) is 12.2 Å². The molecule has 1 fully saturated rings. The van der Waals surface area contributed by atoms with Crippen LogP contribution in [0.25, 0.3) is 0 Å². The Hall–Kier alpha value is -0.340. The van der Waals surface area contributed by atoms with Crippen molar-refractivity contribution in [2.24, 2.45) is 0 Å². The smallest absolute Gasteiger partial charge is 0.0876 e. The highest BCUT2D eigenvalue weighted by Gasteiger charge is 2.36. The molecular weight excluding hydrogens is 248 g/mol. The van der Waals surface area contributed by atoms with Crippen molar-refractivity contribution in [3.63, 3.8) is 0 Å². The molecule has 2 heteroatoms. The Bertz CT molecular complexity index is 238. The zero-order chi connectivity index (χ0) is 14.5. The lowest BCUT2D eigenvalue weighted by molar-refractivity contribution is 0.282. The lowest BCUT2D eigenvalue weighted by Gasteiger charge is -1.98. The van der Waals surface area contributed by atoms with E-state index in [1.54, 1.807) is 0 Å². The van der Waals surface area contributed by atoms with Gasteiger partial charge in [-0.1, -0.05) is 64.0 Å². The first-order valence-corrected chi connectivity index (χ1v) is 8.79. The molecule has 20 heavy (non-hydrogen) atoms. The maximum atomic E-state index is 8.68. The number of rotatable bonds is 14. The molecule has 0 radical (unpaired) electrons. The summed E-state index contributed by atoms with van der Waals surface area (Å²) in [5.74, 6) is 0. The minimum absolute atomic E-state index is 0.353. The quantitative estimate of drug-likeness (QED) is 0.276. The van der Waals surface area contributed by atoms with Crippen molar-refractivity contribution in [2.45, 2.75) is 96.2 Å². The average molecular weight is 282 g/mol. The molecule has 1 rings (SSSR count). The molecule has 0 aliphatic carbocycles. The van der Waals surface area contributed by atoms with E-state index in [0.29, 0.717) is 18.8 Å². The summed E-state index contributed by atoms with van der Waals surface area (Å²) in [5, 5.41) is 8.68. The van der Waals surface area contributed by atoms with Gasteiger partial charge in [-0.15, -0.1) is 0 Å². The number of hydrogen-bond acceptors (Lipinski definition) is 2. The predicted molar refractivity (Wildman–Crippen MR) is 86.0 cm³/mol. The van der Waals surface area contributed by atoms with Gasteiger partial charge in [-0.3, -0.25) is 0 Å². The predicted octanol–water partition coefficient (Wildman–Crippen LogP) is 5.00. The Balaban J connectivity index is 1.79. The monoisotopic (exact) mass is 282 g/mol. The second kappa shape index (κ2) is 12.4. The SMILES string of the molecule is CCCCCC1OC1CC=CCCCCCCCCO. The molecule has 0 aromatic rings. The molecular formula is C18H34O2. The van der Waals surface area contributed by atoms with E-state index in [1.165, 1.54) is 64.2 Å². The molecule has 0 spiro atoms. The van der Waals surface area contributed by atoms with Crippen molar-refractivity contribution in [1.82, 2.24) is 0 Å². The number of allylic oxidation sites excluding steroid dienone is 1. The summed E-state index contributed by atoms with van der Waals surface area (Å²) in [6.07, 6.45) is 20.7. The summed E-state index contributed by atoms with van der Waals surface area (Å²) < 4.78 is 5.67. The highest BCUT2D eigenvalue weighted by Crippen LogP contribution is 2.30. The van der Waals surface area contributed by atoms with E-state index >= 15 is 0 Å². The molecule has 1 aliphatic rings. The van der Waals surface area contributed by atoms with Gasteiger partial charge in [-0.2, -0.15) is 0 Å². The summed E-state index contributed by atoms with van der Waals surface area (Å²) in [4.78, 5) is 0. The standard InChI is InChI=1S/C18H34O2/c1-2-3-11-14-17-18(20-17)15-12-9-7-5-4-6-8-10-13-16-19/h9,12,17-19H,2-8,10-11,13-16H2,1H3. The molecule has 0 bridgehead atoms. The summed E-state index contributed by atoms with van der Waals surface area (Å²) in [5.41, 5.74) is 0. The number of epoxide rings is 1. The molecule has 0 amide bonds. The number of unbranched alkanes of at least 4 members (excludes halogenated alkanes) is 8. The molecule has 0 saturated carbocycles. The molecule has 1 N–H and O–H groups in total. The van der Waals surface area contributed by atoms with E-state index in [4.69, 9.17) is 9.84 Å². The van der Waals surface area contributed by atoms with E-state index < -0.39 is 0 Å². The van der Waals surface area contributed by atoms with Gasteiger partial charge >= 0.3 is 0 Å². The summed E-state index contributed by atoms with van der Waals surface area (Å²) >= 11 is 0. The summed E-state index contributed by atoms with van der Waals surface area (Å²) in [6, 6.07) is 0. The van der Waals surface area contributed by atoms with Gasteiger partial charge in [0, 0.05) is 6.61 Å². The van der Waals surface area contributed by atoms with Gasteiger partial charge in [0.25, 0.3) is 0 Å². The lowest BCUT2D eigenvalue weighted by Crippen LogP contribution is -1.92. The summed E-state index contributed by atoms with van der Waals surface area (Å²) in [7, 11) is 0. The van der Waals surface area contributed by atoms with Crippen LogP contribution in [0.2, 0.25) is 0 Å². The third kappa shape index (κ3) is 9.55. The van der Waals surface area contributed by atoms with Crippen LogP contribution in [-0.4, -0.2) is 23.9 Å². The van der Waals surface area contributed by atoms with Gasteiger partial charge in [0.1, 0.15) is 0 Å². The number of aliphatic hydroxyl groups is 1. The Morgan fingerprint density at radius 1 is 0.850 bits per heavy atom. The van der Waals surface area contributed by atoms with Crippen LogP contribution >= 0.6 is 0 Å². The van der Waals surface area contributed by atoms with Crippen LogP contribution in [0.1, 0.15) is 84.0 Å². The molecule has 2 atom stereocenters. The molecule has 1 saturated heterocycles. The van der Waals surface area contributed by atoms with Crippen molar-refractivity contribution < 1.29 is 9.84 Å². The molecule has 0 aromatic carbocycles. The fraction of sp³-hybridized carbons (Fsp3) is 0.889. The minimum Gasteiger partial charge on any atom is -0.396 e. The third-order valence-electron chi connectivity index (χ3n) is 4.09. The minimum atomic E-state index is 0.353. The van der Waals surface area contributed by atoms with Gasteiger partial charge in [0.05, 0.1) is 12.2 Å². The number of aliphatic hydroxyl groups excluding tert-OH is 1. The highest BCUT2D eigenvalue weighted by molar-refractivity contribution is 4.93. The Morgan fingerprint density at radius 2 is 1.60 bits per heavy atom. The average Bonchev–Trinajstić information content (AvgIpc) is 3.20. The van der Waals surface area contributed by atoms with Crippen molar-refractivity contribution >= 4 is 0 Å². The topological polar surface area (TPSA) is 32.8 Å². The summed E-state index contributed by atoms with van der Waals surface area (Å²) in [6.45, 7) is 2.60. The van der Waals surface area contributed by atoms with Crippen LogP contribution in [0.5, 0.6) is 0 Å². The second-order valence-electron chi connectivity index (χ2n) is 6.05. The maximum absolute atomic E-state index is 8.68. The van der Waals surface area contributed by atoms with E-state index in [1.807, 2.05) is 0 Å². The van der Waals surface area contributed by atoms with Crippen molar-refractivity contribution in [1.29, 1.82) is 0 Å². The molecule has 2 nitrogen and oxygen atoms in total. The molecule has 1 heterocycles. The number of hydrogen-bond donors (Lipinski definition) is 1. The van der Waals surface area contributed by atoms with Crippen LogP contribution in [0.3, 0.4) is 0 Å². The largest absolute Gasteiger partial charge is 0.396 e. The molecule has 118 valence electrons. The maximum Gasteiger partial charge on any atom is 0.0876 e. The Kier molecular flexibility index (Phi) is 11.0. The van der Waals surface area contributed by atoms with E-state index in [9.17, 15) is 0 Å². The van der Waals surface area contributed by atoms with Crippen LogP contribution in [0, 0.1) is 0 Å². The zero-order valence-electron chi connectivity index (χ0n) is 13.4. The van der Waals surface area contributed by atoms with Crippen molar-refractivity contribution in [2.75, 3.05) is 6.61 Å². The van der Waals surface area contributed by atoms with Crippen molar-refractivity contribution in [3.05, 3.63) is 12.2 Å². The van der Waals surface area contributed by atoms with E-state index in [0.717, 1.165) is 12.8 Å². The van der Waals surface area contributed by atoms with Gasteiger partial charge in [0.2, 0.25) is 0 Å². The Labute approximate surface area is 125 Å². The fourth-order valence-electron chi connectivity index (χ4n) is 2.67. The van der Waals surface area contributed by atoms with E-state index in [2.05, 4.69) is 19.1 Å².